The zero-order chi connectivity index (χ0) is 19.3. The highest BCUT2D eigenvalue weighted by molar-refractivity contribution is 5.91. The van der Waals surface area contributed by atoms with Gasteiger partial charge in [0.2, 0.25) is 5.91 Å². The molecule has 0 spiro atoms. The van der Waals surface area contributed by atoms with Gasteiger partial charge < -0.3 is 14.6 Å². The van der Waals surface area contributed by atoms with Gasteiger partial charge in [-0.25, -0.2) is 0 Å². The van der Waals surface area contributed by atoms with Crippen LogP contribution in [0.25, 0.3) is 0 Å². The highest BCUT2D eigenvalue weighted by Crippen LogP contribution is 2.55. The van der Waals surface area contributed by atoms with Crippen molar-refractivity contribution in [3.05, 3.63) is 24.2 Å². The van der Waals surface area contributed by atoms with Crippen molar-refractivity contribution in [3.63, 3.8) is 0 Å². The van der Waals surface area contributed by atoms with Gasteiger partial charge in [0.1, 0.15) is 0 Å². The van der Waals surface area contributed by atoms with Crippen LogP contribution in [0.1, 0.15) is 56.0 Å². The number of carbonyl (C=O) groups excluding carboxylic acids is 2. The minimum absolute atomic E-state index is 0.0599. The summed E-state index contributed by atoms with van der Waals surface area (Å²) in [4.78, 5) is 29.5. The van der Waals surface area contributed by atoms with Gasteiger partial charge in [0.15, 0.2) is 5.76 Å². The number of hydrogen-bond acceptors (Lipinski definition) is 4. The normalized spacial score (nSPS) is 35.8. The summed E-state index contributed by atoms with van der Waals surface area (Å²) >= 11 is 0. The van der Waals surface area contributed by atoms with Gasteiger partial charge in [-0.1, -0.05) is 0 Å². The first-order chi connectivity index (χ1) is 13.5. The average Bonchev–Trinajstić information content (AvgIpc) is 3.20. The van der Waals surface area contributed by atoms with Crippen LogP contribution in [0.4, 0.5) is 0 Å². The van der Waals surface area contributed by atoms with Gasteiger partial charge in [-0.05, 0) is 75.3 Å². The van der Waals surface area contributed by atoms with Crippen molar-refractivity contribution >= 4 is 11.8 Å². The maximum Gasteiger partial charge on any atom is 0.289 e. The third kappa shape index (κ3) is 3.25. The summed E-state index contributed by atoms with van der Waals surface area (Å²) in [7, 11) is 0. The molecule has 4 saturated carbocycles. The Labute approximate surface area is 166 Å². The first-order valence-electron chi connectivity index (χ1n) is 10.9. The number of hydrogen-bond donors (Lipinski definition) is 1. The SMILES string of the molecule is C[C@@H](C(=O)NC12CC3CC(CC(C3)C1)C2)N1CCN(C(=O)c2ccco2)CC1. The number of amides is 2. The zero-order valence-corrected chi connectivity index (χ0v) is 16.7. The molecular formula is C22H31N3O3. The number of rotatable bonds is 4. The van der Waals surface area contributed by atoms with Crippen molar-refractivity contribution in [1.82, 2.24) is 15.1 Å². The van der Waals surface area contributed by atoms with Crippen LogP contribution in [-0.4, -0.2) is 59.4 Å². The molecule has 28 heavy (non-hydrogen) atoms. The molecule has 1 N–H and O–H groups in total. The van der Waals surface area contributed by atoms with Gasteiger partial charge >= 0.3 is 0 Å². The smallest absolute Gasteiger partial charge is 0.289 e. The first-order valence-corrected chi connectivity index (χ1v) is 10.9. The Balaban J connectivity index is 1.17. The minimum Gasteiger partial charge on any atom is -0.459 e. The van der Waals surface area contributed by atoms with Crippen molar-refractivity contribution in [1.29, 1.82) is 0 Å². The molecule has 4 bridgehead atoms. The van der Waals surface area contributed by atoms with Crippen LogP contribution in [-0.2, 0) is 4.79 Å². The molecule has 152 valence electrons. The quantitative estimate of drug-likeness (QED) is 0.865. The molecule has 5 fully saturated rings. The fraction of sp³-hybridized carbons (Fsp3) is 0.727. The average molecular weight is 386 g/mol. The number of carbonyl (C=O) groups is 2. The molecule has 2 heterocycles. The molecule has 0 radical (unpaired) electrons. The summed E-state index contributed by atoms with van der Waals surface area (Å²) in [5.41, 5.74) is 0.0666. The first kappa shape index (κ1) is 18.2. The minimum atomic E-state index is -0.145. The lowest BCUT2D eigenvalue weighted by molar-refractivity contribution is -0.132. The summed E-state index contributed by atoms with van der Waals surface area (Å²) in [6.45, 7) is 4.73. The second kappa shape index (κ2) is 6.90. The fourth-order valence-electron chi connectivity index (χ4n) is 6.66. The van der Waals surface area contributed by atoms with E-state index in [2.05, 4.69) is 10.2 Å². The molecule has 0 unspecified atom stereocenters. The van der Waals surface area contributed by atoms with E-state index in [1.807, 2.05) is 11.8 Å². The van der Waals surface area contributed by atoms with Gasteiger partial charge in [-0.3, -0.25) is 14.5 Å². The third-order valence-corrected chi connectivity index (χ3v) is 7.69. The number of piperazine rings is 1. The summed E-state index contributed by atoms with van der Waals surface area (Å²) in [5, 5.41) is 3.50. The van der Waals surface area contributed by atoms with Gasteiger partial charge in [0, 0.05) is 31.7 Å². The van der Waals surface area contributed by atoms with Gasteiger partial charge in [0.25, 0.3) is 5.91 Å². The van der Waals surface area contributed by atoms with E-state index < -0.39 is 0 Å². The number of nitrogens with one attached hydrogen (secondary N) is 1. The molecule has 6 rings (SSSR count). The van der Waals surface area contributed by atoms with E-state index in [0.29, 0.717) is 18.8 Å². The molecule has 0 aromatic carbocycles. The Kier molecular flexibility index (Phi) is 4.49. The van der Waals surface area contributed by atoms with Crippen molar-refractivity contribution in [2.75, 3.05) is 26.2 Å². The zero-order valence-electron chi connectivity index (χ0n) is 16.7. The van der Waals surface area contributed by atoms with Crippen molar-refractivity contribution in [2.24, 2.45) is 17.8 Å². The highest BCUT2D eigenvalue weighted by Gasteiger charge is 2.51. The van der Waals surface area contributed by atoms with E-state index in [1.54, 1.807) is 12.1 Å². The van der Waals surface area contributed by atoms with Crippen LogP contribution in [0.3, 0.4) is 0 Å². The molecular weight excluding hydrogens is 354 g/mol. The monoisotopic (exact) mass is 385 g/mol. The molecule has 6 nitrogen and oxygen atoms in total. The van der Waals surface area contributed by atoms with E-state index in [-0.39, 0.29) is 23.4 Å². The number of furan rings is 1. The lowest BCUT2D eigenvalue weighted by atomic mass is 9.53. The number of nitrogens with zero attached hydrogens (tertiary/aromatic N) is 2. The summed E-state index contributed by atoms with van der Waals surface area (Å²) in [5.74, 6) is 3.00. The van der Waals surface area contributed by atoms with Crippen LogP contribution in [0.5, 0.6) is 0 Å². The van der Waals surface area contributed by atoms with Gasteiger partial charge in [-0.15, -0.1) is 0 Å². The molecule has 1 aromatic heterocycles. The maximum atomic E-state index is 13.1. The largest absolute Gasteiger partial charge is 0.459 e. The van der Waals surface area contributed by atoms with E-state index in [9.17, 15) is 9.59 Å². The Hall–Kier alpha value is -1.82. The lowest BCUT2D eigenvalue weighted by Gasteiger charge is -2.57. The fourth-order valence-corrected chi connectivity index (χ4v) is 6.66. The van der Waals surface area contributed by atoms with E-state index in [0.717, 1.165) is 30.8 Å². The summed E-state index contributed by atoms with van der Waals surface area (Å²) in [6.07, 6.45) is 9.23. The Morgan fingerprint density at radius 1 is 1.07 bits per heavy atom. The third-order valence-electron chi connectivity index (χ3n) is 7.69. The van der Waals surface area contributed by atoms with E-state index >= 15 is 0 Å². The van der Waals surface area contributed by atoms with Crippen molar-refractivity contribution in [2.45, 2.75) is 57.0 Å². The van der Waals surface area contributed by atoms with Crippen molar-refractivity contribution < 1.29 is 14.0 Å². The second-order valence-electron chi connectivity index (χ2n) is 9.67. The molecule has 5 aliphatic rings. The second-order valence-corrected chi connectivity index (χ2v) is 9.67. The summed E-state index contributed by atoms with van der Waals surface area (Å²) in [6, 6.07) is 3.30. The van der Waals surface area contributed by atoms with Gasteiger partial charge in [-0.2, -0.15) is 0 Å². The molecule has 1 saturated heterocycles. The molecule has 1 atom stereocenters. The van der Waals surface area contributed by atoms with Crippen LogP contribution >= 0.6 is 0 Å². The molecule has 1 aliphatic heterocycles. The van der Waals surface area contributed by atoms with Crippen LogP contribution in [0.15, 0.2) is 22.8 Å². The van der Waals surface area contributed by atoms with Crippen molar-refractivity contribution in [3.8, 4) is 0 Å². The Morgan fingerprint density at radius 2 is 1.68 bits per heavy atom. The summed E-state index contributed by atoms with van der Waals surface area (Å²) < 4.78 is 5.23. The molecule has 4 aliphatic carbocycles. The highest BCUT2D eigenvalue weighted by atomic mass is 16.3. The predicted molar refractivity (Wildman–Crippen MR) is 105 cm³/mol. The van der Waals surface area contributed by atoms with E-state index in [4.69, 9.17) is 4.42 Å². The standard InChI is InChI=1S/C22H31N3O3/c1-15(24-4-6-25(7-5-24)21(27)19-3-2-8-28-19)20(26)23-22-12-16-9-17(13-22)11-18(10-16)14-22/h2-3,8,15-18H,4-7,9-14H2,1H3,(H,23,26)/t15-,16?,17?,18?,22?/m0/s1. The lowest BCUT2D eigenvalue weighted by Crippen LogP contribution is -2.63. The maximum absolute atomic E-state index is 13.1. The molecule has 1 aromatic rings. The van der Waals surface area contributed by atoms with Crippen LogP contribution in [0, 0.1) is 17.8 Å². The molecule has 2 amide bonds. The molecule has 6 heteroatoms. The van der Waals surface area contributed by atoms with E-state index in [1.165, 1.54) is 44.8 Å². The Morgan fingerprint density at radius 3 is 2.21 bits per heavy atom. The van der Waals surface area contributed by atoms with Gasteiger partial charge in [0.05, 0.1) is 12.3 Å². The van der Waals surface area contributed by atoms with Crippen LogP contribution in [0.2, 0.25) is 0 Å². The van der Waals surface area contributed by atoms with Crippen LogP contribution < -0.4 is 5.32 Å². The predicted octanol–water partition coefficient (Wildman–Crippen LogP) is 2.51. The topological polar surface area (TPSA) is 65.8 Å². The Bertz CT molecular complexity index is 701.